The molecule has 0 saturated carbocycles. The Balaban J connectivity index is 2.18. The predicted octanol–water partition coefficient (Wildman–Crippen LogP) is 5.53. The van der Waals surface area contributed by atoms with E-state index in [-0.39, 0.29) is 12.1 Å². The van der Waals surface area contributed by atoms with Gasteiger partial charge in [0.15, 0.2) is 0 Å². The second kappa shape index (κ2) is 6.05. The van der Waals surface area contributed by atoms with Crippen LogP contribution in [0.25, 0.3) is 0 Å². The summed E-state index contributed by atoms with van der Waals surface area (Å²) in [6.07, 6.45) is -4.55. The molecule has 0 aliphatic heterocycles. The average Bonchev–Trinajstić information content (AvgIpc) is 2.36. The van der Waals surface area contributed by atoms with Gasteiger partial charge in [-0.15, -0.1) is 0 Å². The fourth-order valence-corrected chi connectivity index (χ4v) is 2.51. The van der Waals surface area contributed by atoms with Gasteiger partial charge in [-0.05, 0) is 64.3 Å². The molecule has 6 heteroatoms. The van der Waals surface area contributed by atoms with E-state index in [1.807, 2.05) is 25.1 Å². The molecule has 21 heavy (non-hydrogen) atoms. The summed E-state index contributed by atoms with van der Waals surface area (Å²) < 4.78 is 52.0. The molecule has 0 bridgehead atoms. The van der Waals surface area contributed by atoms with Crippen LogP contribution in [0.4, 0.5) is 23.2 Å². The number of nitrogens with one attached hydrogen (secondary N) is 1. The number of benzene rings is 2. The SMILES string of the molecule is Cc1ccc(NCc2cc(F)cc(C(F)(F)F)c2)c(Br)c1. The zero-order valence-electron chi connectivity index (χ0n) is 11.1. The van der Waals surface area contributed by atoms with Gasteiger partial charge in [0.2, 0.25) is 0 Å². The van der Waals surface area contributed by atoms with Gasteiger partial charge in [-0.2, -0.15) is 13.2 Å². The van der Waals surface area contributed by atoms with Crippen LogP contribution in [0.3, 0.4) is 0 Å². The molecule has 1 nitrogen and oxygen atoms in total. The average molecular weight is 362 g/mol. The zero-order chi connectivity index (χ0) is 15.6. The summed E-state index contributed by atoms with van der Waals surface area (Å²) in [6, 6.07) is 8.09. The van der Waals surface area contributed by atoms with E-state index < -0.39 is 17.6 Å². The molecule has 0 radical (unpaired) electrons. The maximum atomic E-state index is 13.3. The molecule has 112 valence electrons. The first-order chi connectivity index (χ1) is 9.75. The number of hydrogen-bond donors (Lipinski definition) is 1. The van der Waals surface area contributed by atoms with Gasteiger partial charge >= 0.3 is 6.18 Å². The van der Waals surface area contributed by atoms with Crippen molar-refractivity contribution in [3.8, 4) is 0 Å². The van der Waals surface area contributed by atoms with Gasteiger partial charge in [0.05, 0.1) is 5.56 Å². The molecule has 0 heterocycles. The second-order valence-corrected chi connectivity index (χ2v) is 5.54. The first-order valence-electron chi connectivity index (χ1n) is 6.12. The Bertz CT molecular complexity index is 653. The van der Waals surface area contributed by atoms with Crippen LogP contribution in [0.1, 0.15) is 16.7 Å². The lowest BCUT2D eigenvalue weighted by Gasteiger charge is -2.12. The van der Waals surface area contributed by atoms with Crippen LogP contribution < -0.4 is 5.32 Å². The molecule has 0 fully saturated rings. The highest BCUT2D eigenvalue weighted by Crippen LogP contribution is 2.31. The molecular weight excluding hydrogens is 350 g/mol. The maximum absolute atomic E-state index is 13.3. The van der Waals surface area contributed by atoms with Crippen LogP contribution in [-0.2, 0) is 12.7 Å². The number of aryl methyl sites for hydroxylation is 1. The highest BCUT2D eigenvalue weighted by Gasteiger charge is 2.31. The van der Waals surface area contributed by atoms with E-state index in [9.17, 15) is 17.6 Å². The second-order valence-electron chi connectivity index (χ2n) is 4.68. The summed E-state index contributed by atoms with van der Waals surface area (Å²) in [6.45, 7) is 2.03. The van der Waals surface area contributed by atoms with Crippen molar-refractivity contribution in [2.45, 2.75) is 19.6 Å². The van der Waals surface area contributed by atoms with E-state index in [1.165, 1.54) is 0 Å². The van der Waals surface area contributed by atoms with Crippen molar-refractivity contribution in [2.24, 2.45) is 0 Å². The summed E-state index contributed by atoms with van der Waals surface area (Å²) in [4.78, 5) is 0. The van der Waals surface area contributed by atoms with Gasteiger partial charge in [0.1, 0.15) is 5.82 Å². The lowest BCUT2D eigenvalue weighted by Crippen LogP contribution is -2.08. The van der Waals surface area contributed by atoms with Crippen molar-refractivity contribution in [1.29, 1.82) is 0 Å². The highest BCUT2D eigenvalue weighted by atomic mass is 79.9. The number of rotatable bonds is 3. The normalized spacial score (nSPS) is 11.5. The van der Waals surface area contributed by atoms with E-state index in [2.05, 4.69) is 21.2 Å². The molecule has 2 aromatic rings. The van der Waals surface area contributed by atoms with Crippen LogP contribution >= 0.6 is 15.9 Å². The van der Waals surface area contributed by atoms with E-state index in [0.29, 0.717) is 6.07 Å². The Labute approximate surface area is 128 Å². The van der Waals surface area contributed by atoms with Gasteiger partial charge < -0.3 is 5.32 Å². The van der Waals surface area contributed by atoms with Crippen molar-refractivity contribution >= 4 is 21.6 Å². The molecule has 0 spiro atoms. The minimum Gasteiger partial charge on any atom is -0.380 e. The smallest absolute Gasteiger partial charge is 0.380 e. The van der Waals surface area contributed by atoms with Gasteiger partial charge in [-0.3, -0.25) is 0 Å². The largest absolute Gasteiger partial charge is 0.416 e. The third-order valence-corrected chi connectivity index (χ3v) is 3.55. The van der Waals surface area contributed by atoms with Crippen LogP contribution in [-0.4, -0.2) is 0 Å². The van der Waals surface area contributed by atoms with Crippen LogP contribution in [0, 0.1) is 12.7 Å². The number of hydrogen-bond acceptors (Lipinski definition) is 1. The van der Waals surface area contributed by atoms with Gasteiger partial charge in [-0.1, -0.05) is 6.07 Å². The molecule has 0 atom stereocenters. The Hall–Kier alpha value is -1.56. The standard InChI is InChI=1S/C15H12BrF4N/c1-9-2-3-14(13(16)4-9)21-8-10-5-11(15(18,19)20)7-12(17)6-10/h2-7,21H,8H2,1H3. The fourth-order valence-electron chi connectivity index (χ4n) is 1.88. The first kappa shape index (κ1) is 15.8. The monoisotopic (exact) mass is 361 g/mol. The Kier molecular flexibility index (Phi) is 4.56. The zero-order valence-corrected chi connectivity index (χ0v) is 12.6. The van der Waals surface area contributed by atoms with E-state index in [4.69, 9.17) is 0 Å². The molecule has 0 aliphatic carbocycles. The fraction of sp³-hybridized carbons (Fsp3) is 0.200. The van der Waals surface area contributed by atoms with Crippen LogP contribution in [0.5, 0.6) is 0 Å². The topological polar surface area (TPSA) is 12.0 Å². The quantitative estimate of drug-likeness (QED) is 0.709. The molecule has 0 aliphatic rings. The molecular formula is C15H12BrF4N. The van der Waals surface area contributed by atoms with Crippen LogP contribution in [0.2, 0.25) is 0 Å². The Morgan fingerprint density at radius 3 is 2.43 bits per heavy atom. The number of anilines is 1. The van der Waals surface area contributed by atoms with Crippen LogP contribution in [0.15, 0.2) is 40.9 Å². The molecule has 0 saturated heterocycles. The van der Waals surface area contributed by atoms with Crippen molar-refractivity contribution in [3.63, 3.8) is 0 Å². The molecule has 0 aromatic heterocycles. The molecule has 0 unspecified atom stereocenters. The molecule has 1 N–H and O–H groups in total. The van der Waals surface area contributed by atoms with Gasteiger partial charge in [0, 0.05) is 16.7 Å². The minimum absolute atomic E-state index is 0.0997. The Morgan fingerprint density at radius 2 is 1.81 bits per heavy atom. The minimum atomic E-state index is -4.55. The van der Waals surface area contributed by atoms with E-state index >= 15 is 0 Å². The van der Waals surface area contributed by atoms with Crippen molar-refractivity contribution in [2.75, 3.05) is 5.32 Å². The summed E-state index contributed by atoms with van der Waals surface area (Å²) in [5.41, 5.74) is 1.04. The highest BCUT2D eigenvalue weighted by molar-refractivity contribution is 9.10. The summed E-state index contributed by atoms with van der Waals surface area (Å²) in [5, 5.41) is 2.98. The Morgan fingerprint density at radius 1 is 1.10 bits per heavy atom. The first-order valence-corrected chi connectivity index (χ1v) is 6.92. The maximum Gasteiger partial charge on any atom is 0.416 e. The molecule has 0 amide bonds. The van der Waals surface area contributed by atoms with Gasteiger partial charge in [0.25, 0.3) is 0 Å². The summed E-state index contributed by atoms with van der Waals surface area (Å²) in [7, 11) is 0. The summed E-state index contributed by atoms with van der Waals surface area (Å²) in [5.74, 6) is -0.899. The lowest BCUT2D eigenvalue weighted by atomic mass is 10.1. The third-order valence-electron chi connectivity index (χ3n) is 2.89. The molecule has 2 aromatic carbocycles. The van der Waals surface area contributed by atoms with E-state index in [0.717, 1.165) is 27.9 Å². The summed E-state index contributed by atoms with van der Waals surface area (Å²) >= 11 is 3.36. The van der Waals surface area contributed by atoms with Gasteiger partial charge in [-0.25, -0.2) is 4.39 Å². The third kappa shape index (κ3) is 4.20. The van der Waals surface area contributed by atoms with E-state index in [1.54, 1.807) is 0 Å². The van der Waals surface area contributed by atoms with Crippen molar-refractivity contribution < 1.29 is 17.6 Å². The predicted molar refractivity (Wildman–Crippen MR) is 77.6 cm³/mol. The van der Waals surface area contributed by atoms with Crippen molar-refractivity contribution in [3.05, 3.63) is 63.4 Å². The van der Waals surface area contributed by atoms with Crippen molar-refractivity contribution in [1.82, 2.24) is 0 Å². The lowest BCUT2D eigenvalue weighted by molar-refractivity contribution is -0.137. The number of alkyl halides is 3. The number of halogens is 5. The molecule has 2 rings (SSSR count).